The van der Waals surface area contributed by atoms with Crippen LogP contribution in [0.4, 0.5) is 0 Å². The van der Waals surface area contributed by atoms with Crippen LogP contribution in [0.25, 0.3) is 0 Å². The highest BCUT2D eigenvalue weighted by Gasteiger charge is 2.27. The van der Waals surface area contributed by atoms with Gasteiger partial charge in [-0.05, 0) is 26.7 Å². The van der Waals surface area contributed by atoms with Crippen molar-refractivity contribution >= 4 is 7.82 Å². The maximum atomic E-state index is 11.9. The molecule has 0 aliphatic heterocycles. The number of rotatable bonds is 8. The Morgan fingerprint density at radius 3 is 1.79 bits per heavy atom. The van der Waals surface area contributed by atoms with E-state index in [1.807, 2.05) is 13.8 Å². The minimum Gasteiger partial charge on any atom is -0.287 e. The minimum atomic E-state index is -3.31. The molecule has 0 atom stereocenters. The van der Waals surface area contributed by atoms with Crippen molar-refractivity contribution in [3.63, 3.8) is 0 Å². The molecule has 86 valence electrons. The molecule has 0 aromatic heterocycles. The Bertz CT molecular complexity index is 170. The Labute approximate surface area is 86.5 Å². The van der Waals surface area contributed by atoms with Crippen LogP contribution in [-0.2, 0) is 18.1 Å². The van der Waals surface area contributed by atoms with Gasteiger partial charge in [-0.3, -0.25) is 13.6 Å². The van der Waals surface area contributed by atoms with E-state index in [9.17, 15) is 4.57 Å². The molecule has 0 unspecified atom stereocenters. The Balaban J connectivity index is 4.11. The van der Waals surface area contributed by atoms with E-state index >= 15 is 0 Å². The van der Waals surface area contributed by atoms with Gasteiger partial charge in [-0.2, -0.15) is 0 Å². The second-order valence-electron chi connectivity index (χ2n) is 3.27. The van der Waals surface area contributed by atoms with Gasteiger partial charge in [-0.25, -0.2) is 4.57 Å². The van der Waals surface area contributed by atoms with Gasteiger partial charge in [0.2, 0.25) is 0 Å². The topological polar surface area (TPSA) is 44.8 Å². The van der Waals surface area contributed by atoms with Crippen molar-refractivity contribution in [2.24, 2.45) is 0 Å². The van der Waals surface area contributed by atoms with Crippen LogP contribution in [0.1, 0.15) is 40.5 Å². The van der Waals surface area contributed by atoms with Crippen LogP contribution >= 0.6 is 7.82 Å². The van der Waals surface area contributed by atoms with Crippen molar-refractivity contribution < 1.29 is 18.1 Å². The summed E-state index contributed by atoms with van der Waals surface area (Å²) in [5.41, 5.74) is 0. The zero-order valence-electron chi connectivity index (χ0n) is 9.49. The Kier molecular flexibility index (Phi) is 7.47. The van der Waals surface area contributed by atoms with E-state index in [1.54, 1.807) is 13.8 Å². The Hall–Kier alpha value is 0.110. The molecule has 0 aromatic rings. The third kappa shape index (κ3) is 6.55. The molecular formula is C9H21O4P. The quantitative estimate of drug-likeness (QED) is 0.593. The summed E-state index contributed by atoms with van der Waals surface area (Å²) in [6, 6.07) is 0. The summed E-state index contributed by atoms with van der Waals surface area (Å²) in [6.07, 6.45) is 1.43. The molecule has 0 radical (unpaired) electrons. The third-order valence-corrected chi connectivity index (χ3v) is 2.92. The van der Waals surface area contributed by atoms with E-state index < -0.39 is 7.82 Å². The molecule has 0 amide bonds. The van der Waals surface area contributed by atoms with E-state index in [4.69, 9.17) is 13.6 Å². The lowest BCUT2D eigenvalue weighted by Crippen LogP contribution is -2.07. The van der Waals surface area contributed by atoms with Crippen molar-refractivity contribution in [2.45, 2.75) is 46.6 Å². The van der Waals surface area contributed by atoms with Gasteiger partial charge in [0, 0.05) is 0 Å². The molecule has 14 heavy (non-hydrogen) atoms. The number of hydrogen-bond acceptors (Lipinski definition) is 4. The molecule has 0 fully saturated rings. The fourth-order valence-corrected chi connectivity index (χ4v) is 2.29. The van der Waals surface area contributed by atoms with Gasteiger partial charge in [0.1, 0.15) is 0 Å². The van der Waals surface area contributed by atoms with Crippen molar-refractivity contribution in [1.82, 2.24) is 0 Å². The average Bonchev–Trinajstić information content (AvgIpc) is 2.11. The molecule has 5 heteroatoms. The normalized spacial score (nSPS) is 12.4. The van der Waals surface area contributed by atoms with Gasteiger partial charge in [0.05, 0.1) is 19.3 Å². The second kappa shape index (κ2) is 7.41. The molecule has 0 aliphatic rings. The molecule has 0 saturated carbocycles. The van der Waals surface area contributed by atoms with Crippen LogP contribution in [0.5, 0.6) is 0 Å². The highest BCUT2D eigenvalue weighted by Crippen LogP contribution is 2.50. The van der Waals surface area contributed by atoms with Crippen molar-refractivity contribution in [2.75, 3.05) is 13.2 Å². The van der Waals surface area contributed by atoms with Gasteiger partial charge >= 0.3 is 7.82 Å². The molecular weight excluding hydrogens is 203 g/mol. The SMILES string of the molecule is CCCOP(=O)(OCCC)OC(C)C. The summed E-state index contributed by atoms with van der Waals surface area (Å²) in [4.78, 5) is 0. The van der Waals surface area contributed by atoms with Gasteiger partial charge in [-0.15, -0.1) is 0 Å². The molecule has 0 spiro atoms. The predicted octanol–water partition coefficient (Wildman–Crippen LogP) is 3.37. The van der Waals surface area contributed by atoms with Gasteiger partial charge in [-0.1, -0.05) is 13.8 Å². The number of phosphoric acid groups is 1. The van der Waals surface area contributed by atoms with Gasteiger partial charge in [0.25, 0.3) is 0 Å². The highest BCUT2D eigenvalue weighted by molar-refractivity contribution is 7.48. The number of phosphoric ester groups is 1. The van der Waals surface area contributed by atoms with E-state index in [0.717, 1.165) is 12.8 Å². The summed E-state index contributed by atoms with van der Waals surface area (Å²) in [7, 11) is -3.31. The summed E-state index contributed by atoms with van der Waals surface area (Å²) in [5, 5.41) is 0. The summed E-state index contributed by atoms with van der Waals surface area (Å²) >= 11 is 0. The molecule has 4 nitrogen and oxygen atoms in total. The fourth-order valence-electron chi connectivity index (χ4n) is 0.763. The molecule has 0 heterocycles. The van der Waals surface area contributed by atoms with Crippen LogP contribution in [-0.4, -0.2) is 19.3 Å². The maximum Gasteiger partial charge on any atom is 0.475 e. The first-order chi connectivity index (χ1) is 6.54. The standard InChI is InChI=1S/C9H21O4P/c1-5-7-11-14(10,12-8-6-2)13-9(3)4/h9H,5-8H2,1-4H3. The van der Waals surface area contributed by atoms with Gasteiger partial charge < -0.3 is 0 Å². The Morgan fingerprint density at radius 2 is 1.50 bits per heavy atom. The van der Waals surface area contributed by atoms with Gasteiger partial charge in [0.15, 0.2) is 0 Å². The summed E-state index contributed by atoms with van der Waals surface area (Å²) in [6.45, 7) is 8.29. The monoisotopic (exact) mass is 224 g/mol. The highest BCUT2D eigenvalue weighted by atomic mass is 31.2. The molecule has 0 bridgehead atoms. The smallest absolute Gasteiger partial charge is 0.287 e. The van der Waals surface area contributed by atoms with E-state index in [-0.39, 0.29) is 6.10 Å². The maximum absolute atomic E-state index is 11.9. The molecule has 0 aliphatic carbocycles. The average molecular weight is 224 g/mol. The first kappa shape index (κ1) is 14.1. The van der Waals surface area contributed by atoms with Crippen molar-refractivity contribution in [3.05, 3.63) is 0 Å². The lowest BCUT2D eigenvalue weighted by molar-refractivity contribution is 0.0908. The molecule has 0 saturated heterocycles. The Morgan fingerprint density at radius 1 is 1.07 bits per heavy atom. The number of hydrogen-bond donors (Lipinski definition) is 0. The second-order valence-corrected chi connectivity index (χ2v) is 4.89. The lowest BCUT2D eigenvalue weighted by Gasteiger charge is -2.19. The molecule has 0 aromatic carbocycles. The predicted molar refractivity (Wildman–Crippen MR) is 56.3 cm³/mol. The first-order valence-corrected chi connectivity index (χ1v) is 6.57. The zero-order chi connectivity index (χ0) is 11.0. The lowest BCUT2D eigenvalue weighted by atomic mass is 10.5. The first-order valence-electron chi connectivity index (χ1n) is 5.11. The minimum absolute atomic E-state index is 0.158. The zero-order valence-corrected chi connectivity index (χ0v) is 10.4. The summed E-state index contributed by atoms with van der Waals surface area (Å²) in [5.74, 6) is 0. The van der Waals surface area contributed by atoms with Crippen LogP contribution in [0, 0.1) is 0 Å². The fraction of sp³-hybridized carbons (Fsp3) is 1.00. The molecule has 0 N–H and O–H groups in total. The summed E-state index contributed by atoms with van der Waals surface area (Å²) < 4.78 is 27.2. The van der Waals surface area contributed by atoms with E-state index in [1.165, 1.54) is 0 Å². The van der Waals surface area contributed by atoms with Crippen LogP contribution in [0.3, 0.4) is 0 Å². The van der Waals surface area contributed by atoms with E-state index in [0.29, 0.717) is 13.2 Å². The van der Waals surface area contributed by atoms with Crippen molar-refractivity contribution in [3.8, 4) is 0 Å². The van der Waals surface area contributed by atoms with Crippen LogP contribution in [0.15, 0.2) is 0 Å². The molecule has 0 rings (SSSR count). The third-order valence-electron chi connectivity index (χ3n) is 1.25. The van der Waals surface area contributed by atoms with Crippen molar-refractivity contribution in [1.29, 1.82) is 0 Å². The largest absolute Gasteiger partial charge is 0.475 e. The van der Waals surface area contributed by atoms with Crippen LogP contribution < -0.4 is 0 Å². The van der Waals surface area contributed by atoms with Crippen LogP contribution in [0.2, 0.25) is 0 Å². The van der Waals surface area contributed by atoms with E-state index in [2.05, 4.69) is 0 Å².